The van der Waals surface area contributed by atoms with Crippen LogP contribution in [0.15, 0.2) is 18.2 Å². The van der Waals surface area contributed by atoms with Crippen LogP contribution in [-0.2, 0) is 11.2 Å². The first kappa shape index (κ1) is 11.0. The molecule has 2 rings (SSSR count). The molecule has 0 saturated heterocycles. The Bertz CT molecular complexity index is 412. The van der Waals surface area contributed by atoms with Gasteiger partial charge in [0.25, 0.3) is 0 Å². The van der Waals surface area contributed by atoms with Crippen LogP contribution in [0.5, 0.6) is 5.75 Å². The molecule has 0 saturated carbocycles. The van der Waals surface area contributed by atoms with Gasteiger partial charge in [0.2, 0.25) is 0 Å². The Morgan fingerprint density at radius 2 is 2.38 bits per heavy atom. The van der Waals surface area contributed by atoms with Crippen molar-refractivity contribution in [1.29, 1.82) is 0 Å². The van der Waals surface area contributed by atoms with Crippen molar-refractivity contribution in [2.45, 2.75) is 38.7 Å². The van der Waals surface area contributed by atoms with E-state index in [4.69, 9.17) is 9.84 Å². The number of carboxylic acids is 1. The average molecular weight is 220 g/mol. The summed E-state index contributed by atoms with van der Waals surface area (Å²) in [5, 5.41) is 8.76. The topological polar surface area (TPSA) is 46.5 Å². The summed E-state index contributed by atoms with van der Waals surface area (Å²) in [6.07, 6.45) is 1.33. The zero-order valence-corrected chi connectivity index (χ0v) is 9.56. The van der Waals surface area contributed by atoms with E-state index in [0.29, 0.717) is 0 Å². The maximum Gasteiger partial charge on any atom is 0.303 e. The van der Waals surface area contributed by atoms with Crippen molar-refractivity contribution < 1.29 is 14.6 Å². The van der Waals surface area contributed by atoms with Gasteiger partial charge in [0.05, 0.1) is 6.42 Å². The number of hydrogen-bond donors (Lipinski definition) is 1. The Labute approximate surface area is 95.0 Å². The highest BCUT2D eigenvalue weighted by Gasteiger charge is 2.20. The lowest BCUT2D eigenvalue weighted by atomic mass is 9.95. The Balaban J connectivity index is 2.19. The lowest BCUT2D eigenvalue weighted by molar-refractivity contribution is -0.137. The number of carbonyl (C=O) groups is 1. The van der Waals surface area contributed by atoms with Gasteiger partial charge in [-0.1, -0.05) is 19.1 Å². The molecule has 0 radical (unpaired) electrons. The van der Waals surface area contributed by atoms with Gasteiger partial charge in [-0.3, -0.25) is 4.79 Å². The maximum atomic E-state index is 10.6. The predicted octanol–water partition coefficient (Wildman–Crippen LogP) is 2.59. The highest BCUT2D eigenvalue weighted by atomic mass is 16.5. The first-order chi connectivity index (χ1) is 7.56. The fraction of sp³-hybridized carbons (Fsp3) is 0.462. The molecule has 1 aromatic rings. The molecule has 3 heteroatoms. The zero-order chi connectivity index (χ0) is 11.7. The van der Waals surface area contributed by atoms with Gasteiger partial charge in [-0.15, -0.1) is 0 Å². The molecule has 1 N–H and O–H groups in total. The van der Waals surface area contributed by atoms with E-state index in [2.05, 4.69) is 6.07 Å². The van der Waals surface area contributed by atoms with Crippen LogP contribution < -0.4 is 4.74 Å². The number of rotatable bonds is 3. The van der Waals surface area contributed by atoms with Gasteiger partial charge in [-0.05, 0) is 30.0 Å². The van der Waals surface area contributed by atoms with Gasteiger partial charge in [0.15, 0.2) is 0 Å². The van der Waals surface area contributed by atoms with Crippen molar-refractivity contribution in [2.24, 2.45) is 0 Å². The number of ether oxygens (including phenoxy) is 1. The quantitative estimate of drug-likeness (QED) is 0.851. The van der Waals surface area contributed by atoms with E-state index in [1.54, 1.807) is 0 Å². The Kier molecular flexibility index (Phi) is 2.86. The van der Waals surface area contributed by atoms with Crippen molar-refractivity contribution in [3.8, 4) is 5.75 Å². The van der Waals surface area contributed by atoms with E-state index in [1.165, 1.54) is 5.56 Å². The third-order valence-corrected chi connectivity index (χ3v) is 2.97. The lowest BCUT2D eigenvalue weighted by Crippen LogP contribution is -2.05. The number of aliphatic carboxylic acids is 1. The van der Waals surface area contributed by atoms with Crippen LogP contribution in [0.4, 0.5) is 0 Å². The predicted molar refractivity (Wildman–Crippen MR) is 60.9 cm³/mol. The highest BCUT2D eigenvalue weighted by Crippen LogP contribution is 2.32. The minimum absolute atomic E-state index is 0.0544. The minimum Gasteiger partial charge on any atom is -0.490 e. The van der Waals surface area contributed by atoms with Gasteiger partial charge in [0, 0.05) is 6.42 Å². The van der Waals surface area contributed by atoms with Crippen LogP contribution in [0.2, 0.25) is 0 Å². The number of benzene rings is 1. The van der Waals surface area contributed by atoms with Crippen molar-refractivity contribution >= 4 is 5.97 Å². The zero-order valence-electron chi connectivity index (χ0n) is 9.56. The second-order valence-corrected chi connectivity index (χ2v) is 4.50. The summed E-state index contributed by atoms with van der Waals surface area (Å²) in [7, 11) is 0. The molecular formula is C13H16O3. The minimum atomic E-state index is -0.752. The first-order valence-corrected chi connectivity index (χ1v) is 5.57. The third kappa shape index (κ3) is 2.18. The summed E-state index contributed by atoms with van der Waals surface area (Å²) in [4.78, 5) is 10.6. The SMILES string of the molecule is CC1Cc2cc(C(C)CC(=O)O)ccc2O1. The second-order valence-electron chi connectivity index (χ2n) is 4.50. The van der Waals surface area contributed by atoms with Crippen LogP contribution in [0.25, 0.3) is 0 Å². The maximum absolute atomic E-state index is 10.6. The standard InChI is InChI=1S/C13H16O3/c1-8(5-13(14)15)10-3-4-12-11(7-10)6-9(2)16-12/h3-4,7-9H,5-6H2,1-2H3,(H,14,15). The molecule has 1 aliphatic heterocycles. The Morgan fingerprint density at radius 3 is 3.06 bits per heavy atom. The van der Waals surface area contributed by atoms with Crippen molar-refractivity contribution in [3.63, 3.8) is 0 Å². The summed E-state index contributed by atoms with van der Waals surface area (Å²) < 4.78 is 5.61. The van der Waals surface area contributed by atoms with Crippen LogP contribution in [-0.4, -0.2) is 17.2 Å². The molecule has 2 atom stereocenters. The van der Waals surface area contributed by atoms with Gasteiger partial charge in [-0.2, -0.15) is 0 Å². The molecule has 3 nitrogen and oxygen atoms in total. The van der Waals surface area contributed by atoms with E-state index >= 15 is 0 Å². The van der Waals surface area contributed by atoms with Gasteiger partial charge in [0.1, 0.15) is 11.9 Å². The fourth-order valence-electron chi connectivity index (χ4n) is 2.13. The van der Waals surface area contributed by atoms with E-state index < -0.39 is 5.97 Å². The summed E-state index contributed by atoms with van der Waals surface area (Å²) in [5.74, 6) is 0.245. The molecule has 1 aromatic carbocycles. The largest absolute Gasteiger partial charge is 0.490 e. The average Bonchev–Trinajstić information content (AvgIpc) is 2.55. The molecule has 2 unspecified atom stereocenters. The summed E-state index contributed by atoms with van der Waals surface area (Å²) in [6.45, 7) is 3.98. The molecule has 0 amide bonds. The molecular weight excluding hydrogens is 204 g/mol. The Morgan fingerprint density at radius 1 is 1.62 bits per heavy atom. The molecule has 86 valence electrons. The summed E-state index contributed by atoms with van der Waals surface area (Å²) >= 11 is 0. The summed E-state index contributed by atoms with van der Waals surface area (Å²) in [5.41, 5.74) is 2.28. The van der Waals surface area contributed by atoms with Crippen molar-refractivity contribution in [3.05, 3.63) is 29.3 Å². The monoisotopic (exact) mass is 220 g/mol. The van der Waals surface area contributed by atoms with Crippen molar-refractivity contribution in [1.82, 2.24) is 0 Å². The molecule has 0 fully saturated rings. The van der Waals surface area contributed by atoms with Crippen LogP contribution >= 0.6 is 0 Å². The van der Waals surface area contributed by atoms with Crippen LogP contribution in [0.3, 0.4) is 0 Å². The fourth-order valence-corrected chi connectivity index (χ4v) is 2.13. The molecule has 0 aliphatic carbocycles. The molecule has 0 aromatic heterocycles. The number of fused-ring (bicyclic) bond motifs is 1. The lowest BCUT2D eigenvalue weighted by Gasteiger charge is -2.10. The van der Waals surface area contributed by atoms with Crippen LogP contribution in [0, 0.1) is 0 Å². The van der Waals surface area contributed by atoms with E-state index in [0.717, 1.165) is 17.7 Å². The van der Waals surface area contributed by atoms with Crippen LogP contribution in [0.1, 0.15) is 37.3 Å². The first-order valence-electron chi connectivity index (χ1n) is 5.57. The smallest absolute Gasteiger partial charge is 0.303 e. The van der Waals surface area contributed by atoms with Gasteiger partial charge < -0.3 is 9.84 Å². The Hall–Kier alpha value is -1.51. The van der Waals surface area contributed by atoms with E-state index in [9.17, 15) is 4.79 Å². The number of hydrogen-bond acceptors (Lipinski definition) is 2. The summed E-state index contributed by atoms with van der Waals surface area (Å²) in [6, 6.07) is 5.99. The third-order valence-electron chi connectivity index (χ3n) is 2.97. The molecule has 0 spiro atoms. The normalized spacial score (nSPS) is 20.0. The van der Waals surface area contributed by atoms with E-state index in [1.807, 2.05) is 26.0 Å². The highest BCUT2D eigenvalue weighted by molar-refractivity contribution is 5.68. The number of carboxylic acid groups (broad SMARTS) is 1. The van der Waals surface area contributed by atoms with Gasteiger partial charge >= 0.3 is 5.97 Å². The molecule has 16 heavy (non-hydrogen) atoms. The van der Waals surface area contributed by atoms with E-state index in [-0.39, 0.29) is 18.4 Å². The molecule has 1 aliphatic rings. The van der Waals surface area contributed by atoms with Crippen molar-refractivity contribution in [2.75, 3.05) is 0 Å². The van der Waals surface area contributed by atoms with Gasteiger partial charge in [-0.25, -0.2) is 0 Å². The molecule has 0 bridgehead atoms. The second kappa shape index (κ2) is 4.16. The molecule has 1 heterocycles.